The largest absolute Gasteiger partial charge is 0.308 e. The molecule has 0 aromatic heterocycles. The highest BCUT2D eigenvalue weighted by Gasteiger charge is 2.16. The molecule has 0 spiro atoms. The smallest absolute Gasteiger partial charge is 0.0540 e. The summed E-state index contributed by atoms with van der Waals surface area (Å²) in [6, 6.07) is 0. The number of nitrogens with one attached hydrogen (secondary N) is 1. The van der Waals surface area contributed by atoms with Crippen molar-refractivity contribution in [2.45, 2.75) is 19.4 Å². The highest BCUT2D eigenvalue weighted by molar-refractivity contribution is 5.20. The van der Waals surface area contributed by atoms with Gasteiger partial charge in [0.25, 0.3) is 0 Å². The third-order valence-corrected chi connectivity index (χ3v) is 1.81. The number of hydrogen-bond acceptors (Lipinski definition) is 1. The van der Waals surface area contributed by atoms with Gasteiger partial charge in [-0.15, -0.1) is 6.58 Å². The van der Waals surface area contributed by atoms with Gasteiger partial charge in [-0.05, 0) is 20.9 Å². The lowest BCUT2D eigenvalue weighted by atomic mass is 9.95. The zero-order valence-electron chi connectivity index (χ0n) is 6.49. The highest BCUT2D eigenvalue weighted by atomic mass is 14.9. The van der Waals surface area contributed by atoms with Crippen molar-refractivity contribution in [2.24, 2.45) is 0 Å². The molecule has 0 saturated carbocycles. The van der Waals surface area contributed by atoms with Gasteiger partial charge in [0.2, 0.25) is 0 Å². The van der Waals surface area contributed by atoms with E-state index in [-0.39, 0.29) is 5.54 Å². The van der Waals surface area contributed by atoms with E-state index in [2.05, 4.69) is 18.5 Å². The summed E-state index contributed by atoms with van der Waals surface area (Å²) in [5, 5.41) is 3.11. The molecule has 52 valence electrons. The van der Waals surface area contributed by atoms with Crippen LogP contribution < -0.4 is 5.32 Å². The summed E-state index contributed by atoms with van der Waals surface area (Å²) in [6.45, 7) is 11.6. The Balaban J connectivity index is 4.27. The molecule has 0 fully saturated rings. The van der Waals surface area contributed by atoms with Gasteiger partial charge >= 0.3 is 0 Å². The van der Waals surface area contributed by atoms with Crippen LogP contribution in [0.4, 0.5) is 0 Å². The minimum atomic E-state index is -0.0972. The van der Waals surface area contributed by atoms with Gasteiger partial charge in [0.1, 0.15) is 0 Å². The predicted octanol–water partition coefficient (Wildman–Crippen LogP) is 1.73. The molecule has 1 heteroatoms. The van der Waals surface area contributed by atoms with E-state index in [1.54, 1.807) is 0 Å². The van der Waals surface area contributed by atoms with Gasteiger partial charge in [-0.2, -0.15) is 0 Å². The van der Waals surface area contributed by atoms with Crippen LogP contribution in [0.3, 0.4) is 0 Å². The summed E-state index contributed by atoms with van der Waals surface area (Å²) in [7, 11) is 1.90. The van der Waals surface area contributed by atoms with Crippen LogP contribution in [-0.4, -0.2) is 12.6 Å². The maximum atomic E-state index is 3.84. The zero-order valence-corrected chi connectivity index (χ0v) is 6.49. The first-order valence-corrected chi connectivity index (χ1v) is 3.05. The Labute approximate surface area is 57.5 Å². The van der Waals surface area contributed by atoms with Crippen LogP contribution >= 0.6 is 0 Å². The van der Waals surface area contributed by atoms with Crippen LogP contribution in [0.25, 0.3) is 0 Å². The first kappa shape index (κ1) is 8.44. The summed E-state index contributed by atoms with van der Waals surface area (Å²) >= 11 is 0. The van der Waals surface area contributed by atoms with E-state index in [0.29, 0.717) is 0 Å². The number of likely N-dealkylation sites (N-methyl/N-ethyl adjacent to an activating group) is 1. The fraction of sp³-hybridized carbons (Fsp3) is 0.500. The summed E-state index contributed by atoms with van der Waals surface area (Å²) in [4.78, 5) is 0. The predicted molar refractivity (Wildman–Crippen MR) is 42.5 cm³/mol. The molecule has 0 aromatic rings. The van der Waals surface area contributed by atoms with Gasteiger partial charge in [0, 0.05) is 0 Å². The maximum Gasteiger partial charge on any atom is 0.0540 e. The Hall–Kier alpha value is -0.560. The van der Waals surface area contributed by atoms with E-state index in [4.69, 9.17) is 0 Å². The second-order valence-corrected chi connectivity index (χ2v) is 2.44. The monoisotopic (exact) mass is 125 g/mol. The van der Waals surface area contributed by atoms with E-state index in [1.807, 2.05) is 27.0 Å². The molecule has 0 amide bonds. The van der Waals surface area contributed by atoms with Crippen molar-refractivity contribution in [2.75, 3.05) is 7.05 Å². The van der Waals surface area contributed by atoms with Gasteiger partial charge < -0.3 is 5.32 Å². The molecule has 0 heterocycles. The first-order valence-electron chi connectivity index (χ1n) is 3.05. The van der Waals surface area contributed by atoms with Crippen molar-refractivity contribution in [3.05, 3.63) is 24.8 Å². The SMILES string of the molecule is C=CC(C)(NC)C(=C)C. The molecule has 0 aliphatic carbocycles. The van der Waals surface area contributed by atoms with E-state index in [0.717, 1.165) is 5.57 Å². The standard InChI is InChI=1S/C8H15N/c1-6-8(4,9-5)7(2)3/h6,9H,1-2H2,3-5H3. The third kappa shape index (κ3) is 1.68. The lowest BCUT2D eigenvalue weighted by Gasteiger charge is -2.25. The molecule has 1 atom stereocenters. The van der Waals surface area contributed by atoms with Crippen molar-refractivity contribution >= 4 is 0 Å². The van der Waals surface area contributed by atoms with Gasteiger partial charge in [-0.3, -0.25) is 0 Å². The van der Waals surface area contributed by atoms with Crippen LogP contribution in [0.1, 0.15) is 13.8 Å². The molecule has 0 aromatic carbocycles. The molecule has 0 bridgehead atoms. The van der Waals surface area contributed by atoms with Crippen LogP contribution in [0.5, 0.6) is 0 Å². The fourth-order valence-electron chi connectivity index (χ4n) is 0.490. The lowest BCUT2D eigenvalue weighted by Crippen LogP contribution is -2.37. The fourth-order valence-corrected chi connectivity index (χ4v) is 0.490. The van der Waals surface area contributed by atoms with Crippen LogP contribution in [0, 0.1) is 0 Å². The zero-order chi connectivity index (χ0) is 7.49. The number of rotatable bonds is 3. The van der Waals surface area contributed by atoms with Crippen molar-refractivity contribution in [3.8, 4) is 0 Å². The second kappa shape index (κ2) is 2.83. The lowest BCUT2D eigenvalue weighted by molar-refractivity contribution is 0.558. The topological polar surface area (TPSA) is 12.0 Å². The highest BCUT2D eigenvalue weighted by Crippen LogP contribution is 2.13. The Bertz CT molecular complexity index is 127. The summed E-state index contributed by atoms with van der Waals surface area (Å²) in [6.07, 6.45) is 1.86. The maximum absolute atomic E-state index is 3.84. The molecular formula is C8H15N. The summed E-state index contributed by atoms with van der Waals surface area (Å²) < 4.78 is 0. The Morgan fingerprint density at radius 1 is 1.67 bits per heavy atom. The number of hydrogen-bond donors (Lipinski definition) is 1. The molecule has 0 saturated heterocycles. The average molecular weight is 125 g/mol. The molecule has 0 rings (SSSR count). The van der Waals surface area contributed by atoms with E-state index in [9.17, 15) is 0 Å². The van der Waals surface area contributed by atoms with Gasteiger partial charge in [0.05, 0.1) is 5.54 Å². The normalized spacial score (nSPS) is 16.3. The van der Waals surface area contributed by atoms with E-state index in [1.165, 1.54) is 0 Å². The van der Waals surface area contributed by atoms with Crippen LogP contribution in [-0.2, 0) is 0 Å². The minimum absolute atomic E-state index is 0.0972. The van der Waals surface area contributed by atoms with Crippen molar-refractivity contribution in [1.82, 2.24) is 5.32 Å². The molecule has 0 radical (unpaired) electrons. The molecule has 0 aliphatic heterocycles. The first-order chi connectivity index (χ1) is 4.06. The minimum Gasteiger partial charge on any atom is -0.308 e. The molecule has 9 heavy (non-hydrogen) atoms. The Kier molecular flexibility index (Phi) is 2.65. The van der Waals surface area contributed by atoms with Gasteiger partial charge in [0.15, 0.2) is 0 Å². The van der Waals surface area contributed by atoms with E-state index < -0.39 is 0 Å². The average Bonchev–Trinajstić information content (AvgIpc) is 1.86. The summed E-state index contributed by atoms with van der Waals surface area (Å²) in [5.74, 6) is 0. The van der Waals surface area contributed by atoms with Crippen LogP contribution in [0.15, 0.2) is 24.8 Å². The van der Waals surface area contributed by atoms with Crippen LogP contribution in [0.2, 0.25) is 0 Å². The quantitative estimate of drug-likeness (QED) is 0.566. The second-order valence-electron chi connectivity index (χ2n) is 2.44. The molecule has 1 N–H and O–H groups in total. The molecule has 1 nitrogen and oxygen atoms in total. The van der Waals surface area contributed by atoms with Crippen molar-refractivity contribution in [3.63, 3.8) is 0 Å². The van der Waals surface area contributed by atoms with Gasteiger partial charge in [-0.25, -0.2) is 0 Å². The van der Waals surface area contributed by atoms with Crippen molar-refractivity contribution < 1.29 is 0 Å². The summed E-state index contributed by atoms with van der Waals surface area (Å²) in [5.41, 5.74) is 0.986. The van der Waals surface area contributed by atoms with E-state index >= 15 is 0 Å². The molecule has 0 aliphatic rings. The Morgan fingerprint density at radius 3 is 2.11 bits per heavy atom. The molecular weight excluding hydrogens is 110 g/mol. The molecule has 1 unspecified atom stereocenters. The van der Waals surface area contributed by atoms with Crippen molar-refractivity contribution in [1.29, 1.82) is 0 Å². The Morgan fingerprint density at radius 2 is 2.11 bits per heavy atom. The van der Waals surface area contributed by atoms with Gasteiger partial charge in [-0.1, -0.05) is 18.2 Å². The third-order valence-electron chi connectivity index (χ3n) is 1.81.